The van der Waals surface area contributed by atoms with Gasteiger partial charge in [0.2, 0.25) is 0 Å². The second-order valence-electron chi connectivity index (χ2n) is 4.93. The van der Waals surface area contributed by atoms with Gasteiger partial charge in [0, 0.05) is 10.8 Å². The zero-order valence-corrected chi connectivity index (χ0v) is 11.7. The molecule has 0 saturated carbocycles. The minimum Gasteiger partial charge on any atom is -0.490 e. The molecule has 0 spiro atoms. The average molecular weight is 276 g/mol. The van der Waals surface area contributed by atoms with Crippen molar-refractivity contribution in [2.24, 2.45) is 0 Å². The lowest BCUT2D eigenvalue weighted by Crippen LogP contribution is -2.13. The lowest BCUT2D eigenvalue weighted by atomic mass is 10.1. The smallest absolute Gasteiger partial charge is 0.127 e. The fraction of sp³-hybridized carbons (Fsp3) is 0.375. The molecule has 0 fully saturated rings. The van der Waals surface area contributed by atoms with Crippen LogP contribution in [-0.4, -0.2) is 35.6 Å². The Kier molecular flexibility index (Phi) is 4.82. The summed E-state index contributed by atoms with van der Waals surface area (Å²) in [7, 11) is 0. The number of aliphatic hydroxyl groups is 2. The molecule has 20 heavy (non-hydrogen) atoms. The zero-order chi connectivity index (χ0) is 14.5. The van der Waals surface area contributed by atoms with Crippen molar-refractivity contribution in [1.82, 2.24) is 0 Å². The summed E-state index contributed by atoms with van der Waals surface area (Å²) in [5.41, 5.74) is 0. The predicted molar refractivity (Wildman–Crippen MR) is 78.3 cm³/mol. The third-order valence-corrected chi connectivity index (χ3v) is 2.80. The van der Waals surface area contributed by atoms with Gasteiger partial charge in [-0.3, -0.25) is 0 Å². The highest BCUT2D eigenvalue weighted by molar-refractivity contribution is 5.93. The lowest BCUT2D eigenvalue weighted by Gasteiger charge is -2.14. The zero-order valence-electron chi connectivity index (χ0n) is 11.7. The Hall–Kier alpha value is -1.78. The number of hydrogen-bond acceptors (Lipinski definition) is 4. The predicted octanol–water partition coefficient (Wildman–Crippen LogP) is 2.36. The van der Waals surface area contributed by atoms with Crippen LogP contribution in [0.5, 0.6) is 11.5 Å². The summed E-state index contributed by atoms with van der Waals surface area (Å²) >= 11 is 0. The summed E-state index contributed by atoms with van der Waals surface area (Å²) in [6.45, 7) is 3.86. The molecule has 4 heteroatoms. The SMILES string of the molecule is CC(O)COc1cccc2c(OCC(C)O)cccc12. The van der Waals surface area contributed by atoms with E-state index < -0.39 is 12.2 Å². The number of hydrogen-bond donors (Lipinski definition) is 2. The Morgan fingerprint density at radius 3 is 1.55 bits per heavy atom. The minimum absolute atomic E-state index is 0.248. The molecule has 0 aliphatic heterocycles. The summed E-state index contributed by atoms with van der Waals surface area (Å²) in [6, 6.07) is 11.4. The van der Waals surface area contributed by atoms with Crippen molar-refractivity contribution in [2.75, 3.05) is 13.2 Å². The van der Waals surface area contributed by atoms with Gasteiger partial charge in [-0.25, -0.2) is 0 Å². The highest BCUT2D eigenvalue weighted by Gasteiger charge is 2.08. The first-order valence-electron chi connectivity index (χ1n) is 6.71. The molecule has 4 nitrogen and oxygen atoms in total. The second kappa shape index (κ2) is 6.59. The van der Waals surface area contributed by atoms with E-state index >= 15 is 0 Å². The van der Waals surface area contributed by atoms with Crippen molar-refractivity contribution in [3.8, 4) is 11.5 Å². The van der Waals surface area contributed by atoms with Crippen LogP contribution < -0.4 is 9.47 Å². The maximum absolute atomic E-state index is 9.31. The molecule has 0 aromatic heterocycles. The molecule has 2 unspecified atom stereocenters. The first-order chi connectivity index (χ1) is 9.58. The van der Waals surface area contributed by atoms with Crippen molar-refractivity contribution < 1.29 is 19.7 Å². The minimum atomic E-state index is -0.514. The maximum Gasteiger partial charge on any atom is 0.127 e. The van der Waals surface area contributed by atoms with Gasteiger partial charge in [-0.1, -0.05) is 24.3 Å². The molecule has 0 amide bonds. The van der Waals surface area contributed by atoms with Crippen LogP contribution in [0.3, 0.4) is 0 Å². The van der Waals surface area contributed by atoms with E-state index in [4.69, 9.17) is 9.47 Å². The first kappa shape index (κ1) is 14.6. The van der Waals surface area contributed by atoms with E-state index in [0.717, 1.165) is 10.8 Å². The Labute approximate surface area is 118 Å². The summed E-state index contributed by atoms with van der Waals surface area (Å²) < 4.78 is 11.2. The highest BCUT2D eigenvalue weighted by Crippen LogP contribution is 2.32. The summed E-state index contributed by atoms with van der Waals surface area (Å²) in [6.07, 6.45) is -1.03. The summed E-state index contributed by atoms with van der Waals surface area (Å²) in [5.74, 6) is 1.43. The second-order valence-corrected chi connectivity index (χ2v) is 4.93. The van der Waals surface area contributed by atoms with E-state index in [1.807, 2.05) is 36.4 Å². The molecular formula is C16H20O4. The normalized spacial score (nSPS) is 14.0. The van der Waals surface area contributed by atoms with Crippen LogP contribution in [0.1, 0.15) is 13.8 Å². The molecule has 0 aliphatic rings. The van der Waals surface area contributed by atoms with Crippen molar-refractivity contribution in [3.05, 3.63) is 36.4 Å². The Bertz CT molecular complexity index is 512. The molecule has 0 bridgehead atoms. The van der Waals surface area contributed by atoms with Crippen LogP contribution in [0.2, 0.25) is 0 Å². The van der Waals surface area contributed by atoms with Gasteiger partial charge in [0.25, 0.3) is 0 Å². The number of ether oxygens (including phenoxy) is 2. The van der Waals surface area contributed by atoms with E-state index in [0.29, 0.717) is 11.5 Å². The van der Waals surface area contributed by atoms with Crippen molar-refractivity contribution in [2.45, 2.75) is 26.1 Å². The van der Waals surface area contributed by atoms with Gasteiger partial charge >= 0.3 is 0 Å². The fourth-order valence-electron chi connectivity index (χ4n) is 1.92. The molecule has 2 atom stereocenters. The maximum atomic E-state index is 9.31. The van der Waals surface area contributed by atoms with Gasteiger partial charge < -0.3 is 19.7 Å². The number of fused-ring (bicyclic) bond motifs is 1. The average Bonchev–Trinajstić information content (AvgIpc) is 2.42. The van der Waals surface area contributed by atoms with E-state index in [9.17, 15) is 10.2 Å². The monoisotopic (exact) mass is 276 g/mol. The van der Waals surface area contributed by atoms with Crippen molar-refractivity contribution in [3.63, 3.8) is 0 Å². The quantitative estimate of drug-likeness (QED) is 0.850. The molecule has 2 aromatic carbocycles. The molecule has 0 radical (unpaired) electrons. The van der Waals surface area contributed by atoms with Crippen LogP contribution in [0.25, 0.3) is 10.8 Å². The van der Waals surface area contributed by atoms with Gasteiger partial charge in [0.1, 0.15) is 24.7 Å². The van der Waals surface area contributed by atoms with E-state index in [1.54, 1.807) is 13.8 Å². The summed E-state index contributed by atoms with van der Waals surface area (Å²) in [4.78, 5) is 0. The van der Waals surface area contributed by atoms with E-state index in [2.05, 4.69) is 0 Å². The lowest BCUT2D eigenvalue weighted by molar-refractivity contribution is 0.123. The largest absolute Gasteiger partial charge is 0.490 e. The van der Waals surface area contributed by atoms with Crippen LogP contribution >= 0.6 is 0 Å². The molecule has 0 aliphatic carbocycles. The van der Waals surface area contributed by atoms with Gasteiger partial charge in [0.15, 0.2) is 0 Å². The van der Waals surface area contributed by atoms with Gasteiger partial charge in [-0.2, -0.15) is 0 Å². The van der Waals surface area contributed by atoms with Gasteiger partial charge in [-0.05, 0) is 26.0 Å². The van der Waals surface area contributed by atoms with Gasteiger partial charge in [0.05, 0.1) is 12.2 Å². The summed E-state index contributed by atoms with van der Waals surface area (Å²) in [5, 5.41) is 20.5. The van der Waals surface area contributed by atoms with Crippen molar-refractivity contribution in [1.29, 1.82) is 0 Å². The van der Waals surface area contributed by atoms with E-state index in [1.165, 1.54) is 0 Å². The Morgan fingerprint density at radius 2 is 1.20 bits per heavy atom. The molecule has 0 saturated heterocycles. The third kappa shape index (κ3) is 3.62. The highest BCUT2D eigenvalue weighted by atomic mass is 16.5. The Morgan fingerprint density at radius 1 is 0.800 bits per heavy atom. The number of rotatable bonds is 6. The Balaban J connectivity index is 2.30. The topological polar surface area (TPSA) is 58.9 Å². The third-order valence-electron chi connectivity index (χ3n) is 2.80. The molecule has 2 N–H and O–H groups in total. The van der Waals surface area contributed by atoms with Crippen LogP contribution in [0, 0.1) is 0 Å². The van der Waals surface area contributed by atoms with Crippen molar-refractivity contribution >= 4 is 10.8 Å². The molecule has 2 rings (SSSR count). The van der Waals surface area contributed by atoms with Crippen LogP contribution in [0.15, 0.2) is 36.4 Å². The molecule has 0 heterocycles. The standard InChI is InChI=1S/C16H20O4/c1-11(17)9-19-15-7-3-6-14-13(15)5-4-8-16(14)20-10-12(2)18/h3-8,11-12,17-18H,9-10H2,1-2H3. The number of aliphatic hydroxyl groups excluding tert-OH is 2. The molecule has 108 valence electrons. The number of benzene rings is 2. The first-order valence-corrected chi connectivity index (χ1v) is 6.71. The van der Waals surface area contributed by atoms with Gasteiger partial charge in [-0.15, -0.1) is 0 Å². The molecule has 2 aromatic rings. The van der Waals surface area contributed by atoms with E-state index in [-0.39, 0.29) is 13.2 Å². The van der Waals surface area contributed by atoms with Crippen LogP contribution in [0.4, 0.5) is 0 Å². The van der Waals surface area contributed by atoms with Crippen LogP contribution in [-0.2, 0) is 0 Å². The molecular weight excluding hydrogens is 256 g/mol. The fourth-order valence-corrected chi connectivity index (χ4v) is 1.92.